The molecule has 0 N–H and O–H groups in total. The standard InChI is InChI=1S/C36H57BO3Si3/c1-34(2,3)41(10,11)31-22-16-28(17-23-31)38-37(39-29-18-24-32(25-19-29)42(12,13)35(4,5)6)40-30-20-26-33(27-21-30)43(14,15)36(7,8)9/h16-27H,1-15H3. The summed E-state index contributed by atoms with van der Waals surface area (Å²) < 4.78 is 19.1. The smallest absolute Gasteiger partial charge is 0.490 e. The Morgan fingerprint density at radius 3 is 0.721 bits per heavy atom. The summed E-state index contributed by atoms with van der Waals surface area (Å²) in [7, 11) is -5.87. The molecule has 0 heterocycles. The summed E-state index contributed by atoms with van der Waals surface area (Å²) in [5.74, 6) is 2.18. The Balaban J connectivity index is 1.89. The van der Waals surface area contributed by atoms with E-state index in [2.05, 4.69) is 174 Å². The first-order valence-electron chi connectivity index (χ1n) is 15.8. The third-order valence-corrected chi connectivity index (χ3v) is 27.6. The minimum Gasteiger partial charge on any atom is -0.490 e. The normalized spacial score (nSPS) is 13.5. The van der Waals surface area contributed by atoms with Gasteiger partial charge < -0.3 is 14.0 Å². The van der Waals surface area contributed by atoms with Crippen LogP contribution in [0.3, 0.4) is 0 Å². The van der Waals surface area contributed by atoms with Crippen LogP contribution in [0.1, 0.15) is 62.3 Å². The van der Waals surface area contributed by atoms with Gasteiger partial charge >= 0.3 is 7.32 Å². The van der Waals surface area contributed by atoms with Gasteiger partial charge in [0.15, 0.2) is 0 Å². The predicted molar refractivity (Wildman–Crippen MR) is 197 cm³/mol. The van der Waals surface area contributed by atoms with Crippen LogP contribution >= 0.6 is 0 Å². The molecule has 0 aliphatic carbocycles. The molecule has 0 fully saturated rings. The molecule has 0 aliphatic rings. The van der Waals surface area contributed by atoms with Gasteiger partial charge in [-0.2, -0.15) is 0 Å². The summed E-state index contributed by atoms with van der Waals surface area (Å²) in [4.78, 5) is 0. The van der Waals surface area contributed by atoms with Gasteiger partial charge in [-0.15, -0.1) is 0 Å². The predicted octanol–water partition coefficient (Wildman–Crippen LogP) is 9.35. The average molecular weight is 633 g/mol. The van der Waals surface area contributed by atoms with Gasteiger partial charge in [0.1, 0.15) is 17.2 Å². The van der Waals surface area contributed by atoms with Gasteiger partial charge in [0, 0.05) is 0 Å². The highest BCUT2D eigenvalue weighted by Crippen LogP contribution is 2.37. The topological polar surface area (TPSA) is 27.7 Å². The van der Waals surface area contributed by atoms with Crippen molar-refractivity contribution in [3.05, 3.63) is 72.8 Å². The van der Waals surface area contributed by atoms with Crippen LogP contribution in [0.5, 0.6) is 17.2 Å². The minimum absolute atomic E-state index is 0.261. The zero-order valence-corrected chi connectivity index (χ0v) is 32.7. The lowest BCUT2D eigenvalue weighted by Gasteiger charge is -2.37. The van der Waals surface area contributed by atoms with Crippen molar-refractivity contribution in [3.8, 4) is 17.2 Å². The minimum atomic E-state index is -1.65. The quantitative estimate of drug-likeness (QED) is 0.220. The zero-order chi connectivity index (χ0) is 32.6. The molecule has 0 aliphatic heterocycles. The Morgan fingerprint density at radius 2 is 0.558 bits per heavy atom. The number of rotatable bonds is 9. The Bertz CT molecular complexity index is 1170. The van der Waals surface area contributed by atoms with E-state index >= 15 is 0 Å². The van der Waals surface area contributed by atoms with Gasteiger partial charge in [-0.25, -0.2) is 0 Å². The monoisotopic (exact) mass is 632 g/mol. The Morgan fingerprint density at radius 1 is 0.372 bits per heavy atom. The lowest BCUT2D eigenvalue weighted by atomic mass is 10.2. The van der Waals surface area contributed by atoms with Crippen molar-refractivity contribution < 1.29 is 14.0 Å². The van der Waals surface area contributed by atoms with Gasteiger partial charge in [0.25, 0.3) is 0 Å². The van der Waals surface area contributed by atoms with Crippen LogP contribution in [0.4, 0.5) is 0 Å². The van der Waals surface area contributed by atoms with Crippen LogP contribution in [-0.2, 0) is 0 Å². The third kappa shape index (κ3) is 7.90. The molecule has 0 unspecified atom stereocenters. The van der Waals surface area contributed by atoms with E-state index in [0.29, 0.717) is 0 Å². The second kappa shape index (κ2) is 12.3. The molecule has 43 heavy (non-hydrogen) atoms. The molecule has 3 rings (SSSR count). The number of hydrogen-bond acceptors (Lipinski definition) is 3. The van der Waals surface area contributed by atoms with Gasteiger partial charge in [0.2, 0.25) is 0 Å². The fourth-order valence-corrected chi connectivity index (χ4v) is 10.2. The van der Waals surface area contributed by atoms with Gasteiger partial charge in [-0.3, -0.25) is 0 Å². The molecule has 3 nitrogen and oxygen atoms in total. The van der Waals surface area contributed by atoms with Crippen LogP contribution in [-0.4, -0.2) is 31.5 Å². The van der Waals surface area contributed by atoms with Crippen molar-refractivity contribution in [1.29, 1.82) is 0 Å². The molecule has 0 aromatic heterocycles. The van der Waals surface area contributed by atoms with Gasteiger partial charge in [-0.05, 0) is 51.5 Å². The Kier molecular flexibility index (Phi) is 10.1. The average Bonchev–Trinajstić information content (AvgIpc) is 2.87. The van der Waals surface area contributed by atoms with E-state index in [0.717, 1.165) is 17.2 Å². The molecule has 0 spiro atoms. The third-order valence-electron chi connectivity index (χ3n) is 11.0. The van der Waals surface area contributed by atoms with E-state index in [-0.39, 0.29) is 15.1 Å². The molecule has 7 heteroatoms. The first-order valence-corrected chi connectivity index (χ1v) is 24.8. The van der Waals surface area contributed by atoms with Crippen molar-refractivity contribution in [2.45, 2.75) is 117 Å². The van der Waals surface area contributed by atoms with E-state index < -0.39 is 31.5 Å². The van der Waals surface area contributed by atoms with E-state index in [1.807, 2.05) is 0 Å². The summed E-state index contributed by atoms with van der Waals surface area (Å²) in [5, 5.41) is 5.01. The maximum Gasteiger partial charge on any atom is 0.864 e. The molecule has 3 aromatic rings. The van der Waals surface area contributed by atoms with Crippen LogP contribution < -0.4 is 29.5 Å². The van der Waals surface area contributed by atoms with Gasteiger partial charge in [0.05, 0.1) is 24.2 Å². The fourth-order valence-electron chi connectivity index (χ4n) is 4.56. The molecular formula is C36H57BO3Si3. The highest BCUT2D eigenvalue weighted by atomic mass is 28.3. The molecule has 0 saturated carbocycles. The Hall–Kier alpha value is -2.22. The maximum absolute atomic E-state index is 6.37. The summed E-state index contributed by atoms with van der Waals surface area (Å²) in [6.45, 7) is 35.6. The fraction of sp³-hybridized carbons (Fsp3) is 0.500. The van der Waals surface area contributed by atoms with Crippen molar-refractivity contribution >= 4 is 47.1 Å². The molecule has 0 atom stereocenters. The second-order valence-electron chi connectivity index (χ2n) is 16.8. The zero-order valence-electron chi connectivity index (χ0n) is 29.7. The molecule has 0 radical (unpaired) electrons. The van der Waals surface area contributed by atoms with Crippen LogP contribution in [0.25, 0.3) is 0 Å². The van der Waals surface area contributed by atoms with Crippen LogP contribution in [0.15, 0.2) is 72.8 Å². The lowest BCUT2D eigenvalue weighted by Crippen LogP contribution is -2.49. The SMILES string of the molecule is CC(C)(C)[Si](C)(C)c1ccc(OB(Oc2ccc([Si](C)(C)C(C)(C)C)cc2)Oc2ccc([Si](C)(C)C(C)(C)C)cc2)cc1. The molecule has 0 saturated heterocycles. The Labute approximate surface area is 267 Å². The van der Waals surface area contributed by atoms with Crippen LogP contribution in [0, 0.1) is 0 Å². The lowest BCUT2D eigenvalue weighted by molar-refractivity contribution is 0.307. The van der Waals surface area contributed by atoms with Crippen molar-refractivity contribution in [1.82, 2.24) is 0 Å². The van der Waals surface area contributed by atoms with E-state index in [1.165, 1.54) is 15.6 Å². The summed E-state index contributed by atoms with van der Waals surface area (Å²) in [6, 6.07) is 25.6. The molecule has 0 amide bonds. The van der Waals surface area contributed by atoms with E-state index in [9.17, 15) is 0 Å². The first-order chi connectivity index (χ1) is 19.5. The van der Waals surface area contributed by atoms with Crippen molar-refractivity contribution in [2.24, 2.45) is 0 Å². The number of benzene rings is 3. The first kappa shape index (κ1) is 35.3. The van der Waals surface area contributed by atoms with E-state index in [4.69, 9.17) is 14.0 Å². The number of hydrogen-bond donors (Lipinski definition) is 0. The summed E-state index contributed by atoms with van der Waals surface area (Å²) in [6.07, 6.45) is 0. The molecule has 3 aromatic carbocycles. The second-order valence-corrected chi connectivity index (χ2v) is 32.8. The van der Waals surface area contributed by atoms with Crippen LogP contribution in [0.2, 0.25) is 54.4 Å². The van der Waals surface area contributed by atoms with Crippen molar-refractivity contribution in [3.63, 3.8) is 0 Å². The summed E-state index contributed by atoms with van der Waals surface area (Å²) >= 11 is 0. The molecule has 0 bridgehead atoms. The highest BCUT2D eigenvalue weighted by molar-refractivity contribution is 6.93. The maximum atomic E-state index is 6.37. The van der Waals surface area contributed by atoms with Crippen molar-refractivity contribution in [2.75, 3.05) is 0 Å². The largest absolute Gasteiger partial charge is 0.864 e. The summed E-state index contributed by atoms with van der Waals surface area (Å²) in [5.41, 5.74) is 0. The van der Waals surface area contributed by atoms with Gasteiger partial charge in [-0.1, -0.05) is 154 Å². The molecular weight excluding hydrogens is 575 g/mol. The highest BCUT2D eigenvalue weighted by Gasteiger charge is 2.39. The van der Waals surface area contributed by atoms with E-state index in [1.54, 1.807) is 0 Å². The molecule has 234 valence electrons.